The van der Waals surface area contributed by atoms with Crippen LogP contribution < -0.4 is 9.47 Å². The van der Waals surface area contributed by atoms with Crippen molar-refractivity contribution >= 4 is 34.3 Å². The fraction of sp³-hybridized carbons (Fsp3) is 0.308. The molecule has 2 heterocycles. The summed E-state index contributed by atoms with van der Waals surface area (Å²) in [6, 6.07) is 11.1. The highest BCUT2D eigenvalue weighted by atomic mass is 35.5. The van der Waals surface area contributed by atoms with Crippen LogP contribution in [0.3, 0.4) is 0 Å². The monoisotopic (exact) mass is 483 g/mol. The lowest BCUT2D eigenvalue weighted by molar-refractivity contribution is -0.129. The molecule has 1 unspecified atom stereocenters. The Hall–Kier alpha value is -3.45. The second-order valence-electron chi connectivity index (χ2n) is 8.11. The number of rotatable bonds is 9. The first-order valence-electron chi connectivity index (χ1n) is 11.1. The zero-order valence-electron chi connectivity index (χ0n) is 19.3. The second kappa shape index (κ2) is 9.81. The Kier molecular flexibility index (Phi) is 6.84. The van der Waals surface area contributed by atoms with Gasteiger partial charge in [0.1, 0.15) is 5.75 Å². The molecule has 7 nitrogen and oxygen atoms in total. The Morgan fingerprint density at radius 3 is 2.65 bits per heavy atom. The zero-order chi connectivity index (χ0) is 24.4. The van der Waals surface area contributed by atoms with Crippen molar-refractivity contribution in [2.45, 2.75) is 32.2 Å². The molecule has 4 rings (SSSR count). The van der Waals surface area contributed by atoms with E-state index in [0.717, 1.165) is 19.3 Å². The first-order chi connectivity index (χ1) is 16.4. The van der Waals surface area contributed by atoms with Gasteiger partial charge in [-0.25, -0.2) is 0 Å². The van der Waals surface area contributed by atoms with E-state index in [1.807, 2.05) is 0 Å². The molecule has 1 aliphatic rings. The maximum absolute atomic E-state index is 13.7. The van der Waals surface area contributed by atoms with E-state index in [0.29, 0.717) is 39.6 Å². The Morgan fingerprint density at radius 1 is 1.15 bits per heavy atom. The van der Waals surface area contributed by atoms with E-state index in [1.54, 1.807) is 49.6 Å². The molecule has 0 aliphatic carbocycles. The number of ketones is 1. The van der Waals surface area contributed by atoms with Gasteiger partial charge in [-0.3, -0.25) is 9.59 Å². The molecule has 0 saturated carbocycles. The third-order valence-corrected chi connectivity index (χ3v) is 6.17. The Balaban J connectivity index is 1.80. The average Bonchev–Trinajstić information content (AvgIpc) is 3.37. The fourth-order valence-electron chi connectivity index (χ4n) is 4.29. The average molecular weight is 484 g/mol. The van der Waals surface area contributed by atoms with Gasteiger partial charge in [0.05, 0.1) is 25.8 Å². The third-order valence-electron chi connectivity index (χ3n) is 5.95. The lowest BCUT2D eigenvalue weighted by Gasteiger charge is -2.27. The highest BCUT2D eigenvalue weighted by molar-refractivity contribution is 6.31. The number of halogens is 1. The molecule has 2 aromatic carbocycles. The molecule has 1 aliphatic heterocycles. The molecule has 0 bridgehead atoms. The van der Waals surface area contributed by atoms with E-state index in [4.69, 9.17) is 25.5 Å². The van der Waals surface area contributed by atoms with Crippen molar-refractivity contribution in [3.05, 3.63) is 70.1 Å². The number of Topliss-reactive ketones (excluding diaryl/α,β-unsaturated/α-hetero) is 1. The topological polar surface area (TPSA) is 89.2 Å². The van der Waals surface area contributed by atoms with Crippen molar-refractivity contribution in [3.8, 4) is 11.5 Å². The number of benzene rings is 2. The van der Waals surface area contributed by atoms with Crippen molar-refractivity contribution in [2.24, 2.45) is 0 Å². The van der Waals surface area contributed by atoms with Gasteiger partial charge in [0.25, 0.3) is 5.91 Å². The molecule has 0 saturated heterocycles. The first-order valence-corrected chi connectivity index (χ1v) is 11.5. The number of methoxy groups -OCH3 is 2. The summed E-state index contributed by atoms with van der Waals surface area (Å²) in [5.74, 6) is -0.782. The SMILES string of the molecule is CCCCCN1C(=O)C(O)=C(C(=O)c2cc3cc(Cl)cc(OC)c3o2)C1c1cccc(OC)c1. The lowest BCUT2D eigenvalue weighted by Crippen LogP contribution is -2.32. The van der Waals surface area contributed by atoms with Crippen molar-refractivity contribution in [1.82, 2.24) is 4.90 Å². The van der Waals surface area contributed by atoms with Gasteiger partial charge in [-0.05, 0) is 36.2 Å². The smallest absolute Gasteiger partial charge is 0.290 e. The summed E-state index contributed by atoms with van der Waals surface area (Å²) in [5, 5.41) is 11.9. The standard InChI is InChI=1S/C26H26ClNO6/c1-4-5-6-10-28-22(15-8-7-9-18(12-15)32-2)21(24(30)26(28)31)23(29)19-13-16-11-17(27)14-20(33-3)25(16)34-19/h7-9,11-14,22,30H,4-6,10H2,1-3H3. The van der Waals surface area contributed by atoms with E-state index in [9.17, 15) is 14.7 Å². The van der Waals surface area contributed by atoms with Crippen LogP contribution in [0.5, 0.6) is 11.5 Å². The number of aliphatic hydroxyl groups excluding tert-OH is 1. The molecular formula is C26H26ClNO6. The van der Waals surface area contributed by atoms with Crippen LogP contribution in [-0.2, 0) is 4.79 Å². The van der Waals surface area contributed by atoms with Crippen LogP contribution in [0.1, 0.15) is 48.3 Å². The Bertz CT molecular complexity index is 1280. The number of unbranched alkanes of at least 4 members (excludes halogenated alkanes) is 2. The highest BCUT2D eigenvalue weighted by Crippen LogP contribution is 2.41. The number of carbonyl (C=O) groups excluding carboxylic acids is 2. The van der Waals surface area contributed by atoms with Crippen molar-refractivity contribution in [3.63, 3.8) is 0 Å². The van der Waals surface area contributed by atoms with Crippen molar-refractivity contribution < 1.29 is 28.6 Å². The summed E-state index contributed by atoms with van der Waals surface area (Å²) in [4.78, 5) is 28.3. The predicted molar refractivity (Wildman–Crippen MR) is 129 cm³/mol. The highest BCUT2D eigenvalue weighted by Gasteiger charge is 2.44. The van der Waals surface area contributed by atoms with Gasteiger partial charge in [-0.1, -0.05) is 43.5 Å². The van der Waals surface area contributed by atoms with Gasteiger partial charge < -0.3 is 23.9 Å². The molecule has 1 aromatic heterocycles. The van der Waals surface area contributed by atoms with Crippen LogP contribution in [0.2, 0.25) is 5.02 Å². The minimum Gasteiger partial charge on any atom is -0.503 e. The molecule has 0 fully saturated rings. The first kappa shape index (κ1) is 23.7. The van der Waals surface area contributed by atoms with E-state index in [-0.39, 0.29) is 11.3 Å². The van der Waals surface area contributed by atoms with Crippen molar-refractivity contribution in [2.75, 3.05) is 20.8 Å². The van der Waals surface area contributed by atoms with Crippen LogP contribution >= 0.6 is 11.6 Å². The number of nitrogens with zero attached hydrogens (tertiary/aromatic N) is 1. The maximum Gasteiger partial charge on any atom is 0.290 e. The van der Waals surface area contributed by atoms with Crippen molar-refractivity contribution in [1.29, 1.82) is 0 Å². The molecule has 8 heteroatoms. The number of fused-ring (bicyclic) bond motifs is 1. The normalized spacial score (nSPS) is 15.9. The molecule has 0 spiro atoms. The largest absolute Gasteiger partial charge is 0.503 e. The molecule has 34 heavy (non-hydrogen) atoms. The molecule has 1 amide bonds. The third kappa shape index (κ3) is 4.23. The van der Waals surface area contributed by atoms with Crippen LogP contribution in [-0.4, -0.2) is 42.5 Å². The molecule has 3 aromatic rings. The summed E-state index contributed by atoms with van der Waals surface area (Å²) in [7, 11) is 3.02. The maximum atomic E-state index is 13.7. The number of furan rings is 1. The zero-order valence-corrected chi connectivity index (χ0v) is 20.0. The summed E-state index contributed by atoms with van der Waals surface area (Å²) in [6.45, 7) is 2.47. The van der Waals surface area contributed by atoms with Gasteiger partial charge >= 0.3 is 0 Å². The van der Waals surface area contributed by atoms with Gasteiger partial charge in [-0.15, -0.1) is 0 Å². The number of aliphatic hydroxyl groups is 1. The number of hydrogen-bond donors (Lipinski definition) is 1. The van der Waals surface area contributed by atoms with E-state index >= 15 is 0 Å². The second-order valence-corrected chi connectivity index (χ2v) is 8.55. The van der Waals surface area contributed by atoms with Crippen LogP contribution in [0, 0.1) is 0 Å². The minimum atomic E-state index is -0.773. The lowest BCUT2D eigenvalue weighted by atomic mass is 9.94. The van der Waals surface area contributed by atoms with Gasteiger partial charge in [0.2, 0.25) is 5.78 Å². The molecule has 1 N–H and O–H groups in total. The number of ether oxygens (including phenoxy) is 2. The quantitative estimate of drug-likeness (QED) is 0.302. The predicted octanol–water partition coefficient (Wildman–Crippen LogP) is 5.87. The molecule has 178 valence electrons. The minimum absolute atomic E-state index is 0.0202. The van der Waals surface area contributed by atoms with Gasteiger partial charge in [0.15, 0.2) is 22.9 Å². The van der Waals surface area contributed by atoms with Crippen LogP contribution in [0.15, 0.2) is 58.2 Å². The van der Waals surface area contributed by atoms with E-state index in [1.165, 1.54) is 12.0 Å². The van der Waals surface area contributed by atoms with Gasteiger partial charge in [0, 0.05) is 23.0 Å². The number of carbonyl (C=O) groups is 2. The summed E-state index contributed by atoms with van der Waals surface area (Å²) >= 11 is 6.15. The Labute approximate surface area is 202 Å². The van der Waals surface area contributed by atoms with Crippen LogP contribution in [0.4, 0.5) is 0 Å². The number of hydrogen-bond acceptors (Lipinski definition) is 6. The molecule has 1 atom stereocenters. The van der Waals surface area contributed by atoms with E-state index in [2.05, 4.69) is 6.92 Å². The number of amides is 1. The van der Waals surface area contributed by atoms with E-state index < -0.39 is 23.5 Å². The summed E-state index contributed by atoms with van der Waals surface area (Å²) in [6.07, 6.45) is 2.64. The molecular weight excluding hydrogens is 458 g/mol. The summed E-state index contributed by atoms with van der Waals surface area (Å²) in [5.41, 5.74) is 0.990. The summed E-state index contributed by atoms with van der Waals surface area (Å²) < 4.78 is 16.5. The van der Waals surface area contributed by atoms with Gasteiger partial charge in [-0.2, -0.15) is 0 Å². The fourth-order valence-corrected chi connectivity index (χ4v) is 4.51. The molecule has 0 radical (unpaired) electrons. The van der Waals surface area contributed by atoms with Crippen LogP contribution in [0.25, 0.3) is 11.0 Å². The Morgan fingerprint density at radius 2 is 1.94 bits per heavy atom.